The number of amides is 2. The molecule has 0 aliphatic carbocycles. The number of nitrogens with zero attached hydrogens (tertiary/aromatic N) is 2. The van der Waals surface area contributed by atoms with Gasteiger partial charge in [0.15, 0.2) is 0 Å². The van der Waals surface area contributed by atoms with Gasteiger partial charge in [-0.25, -0.2) is 5.43 Å². The molecule has 3 rings (SSSR count). The molecule has 2 unspecified atom stereocenters. The standard InChI is InChI=1S/C31H44N4O4/c1-32-29(36)28-13-8-20-33-35(28)30(37)26(19-18-24-14-16-25(17-15-24)22-34(2)3)21-27(31(38)39)12-7-11-23-9-5-4-6-10-23/h4-6,9-10,14-17,26-28,33H,7-8,11-13,18-22H2,1-3H3,(H,32,36)(H,38,39)/t26?,27?,28-/m0/s1. The van der Waals surface area contributed by atoms with Gasteiger partial charge in [0, 0.05) is 26.1 Å². The average molecular weight is 537 g/mol. The second-order valence-corrected chi connectivity index (χ2v) is 10.8. The van der Waals surface area contributed by atoms with Gasteiger partial charge >= 0.3 is 5.97 Å². The molecule has 0 aromatic heterocycles. The molecule has 1 aliphatic heterocycles. The van der Waals surface area contributed by atoms with E-state index in [1.165, 1.54) is 16.1 Å². The van der Waals surface area contributed by atoms with E-state index in [2.05, 4.69) is 39.9 Å². The van der Waals surface area contributed by atoms with Crippen LogP contribution in [-0.2, 0) is 33.8 Å². The Labute approximate surface area is 232 Å². The maximum Gasteiger partial charge on any atom is 0.306 e. The predicted molar refractivity (Wildman–Crippen MR) is 153 cm³/mol. The van der Waals surface area contributed by atoms with Crippen molar-refractivity contribution in [1.82, 2.24) is 20.7 Å². The van der Waals surface area contributed by atoms with Crippen molar-refractivity contribution >= 4 is 17.8 Å². The Morgan fingerprint density at radius 1 is 0.974 bits per heavy atom. The van der Waals surface area contributed by atoms with Crippen molar-refractivity contribution in [2.45, 2.75) is 64.0 Å². The summed E-state index contributed by atoms with van der Waals surface area (Å²) in [6.45, 7) is 1.46. The molecule has 212 valence electrons. The van der Waals surface area contributed by atoms with Crippen LogP contribution in [0, 0.1) is 11.8 Å². The van der Waals surface area contributed by atoms with Crippen molar-refractivity contribution in [2.75, 3.05) is 27.7 Å². The predicted octanol–water partition coefficient (Wildman–Crippen LogP) is 3.65. The lowest BCUT2D eigenvalue weighted by Crippen LogP contribution is -2.59. The minimum Gasteiger partial charge on any atom is -0.481 e. The summed E-state index contributed by atoms with van der Waals surface area (Å²) in [7, 11) is 5.64. The normalized spacial score (nSPS) is 17.0. The average Bonchev–Trinajstić information content (AvgIpc) is 2.94. The van der Waals surface area contributed by atoms with Crippen molar-refractivity contribution in [3.63, 3.8) is 0 Å². The SMILES string of the molecule is CNC(=O)[C@@H]1CCCNN1C(=O)C(CCc1ccc(CN(C)C)cc1)CC(CCCc1ccccc1)C(=O)O. The molecule has 1 fully saturated rings. The molecule has 0 saturated carbocycles. The van der Waals surface area contributed by atoms with Crippen molar-refractivity contribution < 1.29 is 19.5 Å². The summed E-state index contributed by atoms with van der Waals surface area (Å²) in [5, 5.41) is 14.2. The summed E-state index contributed by atoms with van der Waals surface area (Å²) in [5.41, 5.74) is 6.63. The second kappa shape index (κ2) is 15.4. The minimum atomic E-state index is -0.872. The zero-order valence-electron chi connectivity index (χ0n) is 23.6. The van der Waals surface area contributed by atoms with Crippen LogP contribution in [0.1, 0.15) is 55.2 Å². The molecule has 1 heterocycles. The Morgan fingerprint density at radius 3 is 2.28 bits per heavy atom. The topological polar surface area (TPSA) is 102 Å². The quantitative estimate of drug-likeness (QED) is 0.341. The number of benzene rings is 2. The molecule has 2 aromatic carbocycles. The van der Waals surface area contributed by atoms with Crippen molar-refractivity contribution in [3.05, 3.63) is 71.3 Å². The largest absolute Gasteiger partial charge is 0.481 e. The van der Waals surface area contributed by atoms with E-state index in [-0.39, 0.29) is 18.2 Å². The number of rotatable bonds is 14. The number of hydrogen-bond donors (Lipinski definition) is 3. The van der Waals surface area contributed by atoms with Crippen molar-refractivity contribution in [2.24, 2.45) is 11.8 Å². The number of aryl methyl sites for hydroxylation is 2. The Kier molecular flexibility index (Phi) is 12.0. The van der Waals surface area contributed by atoms with Gasteiger partial charge in [0.2, 0.25) is 11.8 Å². The molecular formula is C31H44N4O4. The van der Waals surface area contributed by atoms with E-state index in [1.54, 1.807) is 7.05 Å². The summed E-state index contributed by atoms with van der Waals surface area (Å²) < 4.78 is 0. The number of carbonyl (C=O) groups excluding carboxylic acids is 2. The van der Waals surface area contributed by atoms with Crippen LogP contribution >= 0.6 is 0 Å². The van der Waals surface area contributed by atoms with Gasteiger partial charge in [0.25, 0.3) is 0 Å². The first-order chi connectivity index (χ1) is 18.8. The van der Waals surface area contributed by atoms with E-state index in [9.17, 15) is 19.5 Å². The van der Waals surface area contributed by atoms with Gasteiger partial charge < -0.3 is 15.3 Å². The molecule has 3 atom stereocenters. The number of aliphatic carboxylic acids is 1. The summed E-state index contributed by atoms with van der Waals surface area (Å²) in [4.78, 5) is 40.8. The van der Waals surface area contributed by atoms with Gasteiger partial charge in [-0.15, -0.1) is 0 Å². The zero-order valence-corrected chi connectivity index (χ0v) is 23.6. The lowest BCUT2D eigenvalue weighted by Gasteiger charge is -2.37. The first kappa shape index (κ1) is 30.3. The first-order valence-electron chi connectivity index (χ1n) is 14.1. The highest BCUT2D eigenvalue weighted by Gasteiger charge is 2.37. The van der Waals surface area contributed by atoms with Crippen LogP contribution < -0.4 is 10.7 Å². The minimum absolute atomic E-state index is 0.193. The fraction of sp³-hybridized carbons (Fsp3) is 0.516. The molecule has 0 bridgehead atoms. The fourth-order valence-corrected chi connectivity index (χ4v) is 5.32. The molecule has 1 saturated heterocycles. The third-order valence-corrected chi connectivity index (χ3v) is 7.47. The molecule has 1 aliphatic rings. The van der Waals surface area contributed by atoms with Crippen molar-refractivity contribution in [1.29, 1.82) is 0 Å². The van der Waals surface area contributed by atoms with Gasteiger partial charge in [-0.05, 0) is 82.2 Å². The number of hydrazine groups is 1. The van der Waals surface area contributed by atoms with Crippen LogP contribution in [0.5, 0.6) is 0 Å². The lowest BCUT2D eigenvalue weighted by molar-refractivity contribution is -0.151. The van der Waals surface area contributed by atoms with Crippen LogP contribution in [0.25, 0.3) is 0 Å². The maximum absolute atomic E-state index is 13.9. The number of carbonyl (C=O) groups is 3. The monoisotopic (exact) mass is 536 g/mol. The van der Waals surface area contributed by atoms with Gasteiger partial charge in [-0.3, -0.25) is 19.4 Å². The Hall–Kier alpha value is -3.23. The first-order valence-corrected chi connectivity index (χ1v) is 14.1. The van der Waals surface area contributed by atoms with Crippen LogP contribution in [-0.4, -0.2) is 66.5 Å². The van der Waals surface area contributed by atoms with E-state index < -0.39 is 23.8 Å². The van der Waals surface area contributed by atoms with E-state index >= 15 is 0 Å². The number of nitrogens with one attached hydrogen (secondary N) is 2. The highest BCUT2D eigenvalue weighted by atomic mass is 16.4. The highest BCUT2D eigenvalue weighted by Crippen LogP contribution is 2.27. The number of likely N-dealkylation sites (N-methyl/N-ethyl adjacent to an activating group) is 1. The third kappa shape index (κ3) is 9.48. The molecule has 2 aromatic rings. The van der Waals surface area contributed by atoms with Gasteiger partial charge in [0.05, 0.1) is 5.92 Å². The Morgan fingerprint density at radius 2 is 1.64 bits per heavy atom. The van der Waals surface area contributed by atoms with Gasteiger partial charge in [0.1, 0.15) is 6.04 Å². The molecule has 2 amide bonds. The highest BCUT2D eigenvalue weighted by molar-refractivity contribution is 5.88. The van der Waals surface area contributed by atoms with Gasteiger partial charge in [-0.2, -0.15) is 0 Å². The third-order valence-electron chi connectivity index (χ3n) is 7.47. The summed E-state index contributed by atoms with van der Waals surface area (Å²) in [5.74, 6) is -2.41. The molecule has 39 heavy (non-hydrogen) atoms. The zero-order chi connectivity index (χ0) is 28.2. The smallest absolute Gasteiger partial charge is 0.306 e. The summed E-state index contributed by atoms with van der Waals surface area (Å²) >= 11 is 0. The van der Waals surface area contributed by atoms with E-state index in [1.807, 2.05) is 44.4 Å². The lowest BCUT2D eigenvalue weighted by atomic mass is 9.85. The van der Waals surface area contributed by atoms with Crippen LogP contribution in [0.4, 0.5) is 0 Å². The van der Waals surface area contributed by atoms with Crippen LogP contribution in [0.15, 0.2) is 54.6 Å². The second-order valence-electron chi connectivity index (χ2n) is 10.8. The number of carboxylic acid groups (broad SMARTS) is 1. The molecular weight excluding hydrogens is 492 g/mol. The maximum atomic E-state index is 13.9. The molecule has 3 N–H and O–H groups in total. The summed E-state index contributed by atoms with van der Waals surface area (Å²) in [6.07, 6.45) is 4.84. The molecule has 0 spiro atoms. The molecule has 0 radical (unpaired) electrons. The van der Waals surface area contributed by atoms with E-state index in [4.69, 9.17) is 0 Å². The van der Waals surface area contributed by atoms with Gasteiger partial charge in [-0.1, -0.05) is 54.6 Å². The molecule has 8 heteroatoms. The molecule has 8 nitrogen and oxygen atoms in total. The summed E-state index contributed by atoms with van der Waals surface area (Å²) in [6, 6.07) is 17.8. The van der Waals surface area contributed by atoms with E-state index in [0.29, 0.717) is 32.2 Å². The number of carboxylic acids is 1. The van der Waals surface area contributed by atoms with Crippen LogP contribution in [0.2, 0.25) is 0 Å². The van der Waals surface area contributed by atoms with Crippen molar-refractivity contribution in [3.8, 4) is 0 Å². The Balaban J connectivity index is 1.74. The van der Waals surface area contributed by atoms with E-state index in [0.717, 1.165) is 31.4 Å². The van der Waals surface area contributed by atoms with Crippen LogP contribution in [0.3, 0.4) is 0 Å². The number of hydrogen-bond acceptors (Lipinski definition) is 5. The fourth-order valence-electron chi connectivity index (χ4n) is 5.32. The Bertz CT molecular complexity index is 1060.